The number of benzene rings is 1. The zero-order chi connectivity index (χ0) is 21.6. The zero-order valence-electron chi connectivity index (χ0n) is 17.8. The van der Waals surface area contributed by atoms with Crippen LogP contribution in [0.4, 0.5) is 0 Å². The first-order valence-corrected chi connectivity index (χ1v) is 11.8. The summed E-state index contributed by atoms with van der Waals surface area (Å²) < 4.78 is 1.83. The van der Waals surface area contributed by atoms with Crippen molar-refractivity contribution >= 4 is 23.4 Å². The number of hydrogen-bond donors (Lipinski definition) is 1. The molecule has 2 fully saturated rings. The van der Waals surface area contributed by atoms with Gasteiger partial charge in [-0.05, 0) is 42.7 Å². The summed E-state index contributed by atoms with van der Waals surface area (Å²) in [7, 11) is 0. The summed E-state index contributed by atoms with van der Waals surface area (Å²) in [5.41, 5.74) is 8.38. The number of carbonyl (C=O) groups excluding carboxylic acids is 2. The summed E-state index contributed by atoms with van der Waals surface area (Å²) in [6.45, 7) is 1.56. The van der Waals surface area contributed by atoms with Gasteiger partial charge in [-0.2, -0.15) is 5.10 Å². The molecule has 0 unspecified atom stereocenters. The topological polar surface area (TPSA) is 81.2 Å². The highest BCUT2D eigenvalue weighted by Gasteiger charge is 2.42. The van der Waals surface area contributed by atoms with E-state index in [2.05, 4.69) is 5.10 Å². The van der Waals surface area contributed by atoms with Gasteiger partial charge in [0.15, 0.2) is 0 Å². The van der Waals surface area contributed by atoms with E-state index in [9.17, 15) is 9.59 Å². The van der Waals surface area contributed by atoms with Gasteiger partial charge in [0.05, 0.1) is 24.3 Å². The maximum absolute atomic E-state index is 13.3. The Morgan fingerprint density at radius 3 is 2.68 bits per heavy atom. The Hall–Kier alpha value is -2.34. The molecule has 31 heavy (non-hydrogen) atoms. The van der Waals surface area contributed by atoms with E-state index in [1.165, 1.54) is 44.9 Å². The van der Waals surface area contributed by atoms with Crippen molar-refractivity contribution in [2.24, 2.45) is 17.1 Å². The predicted molar refractivity (Wildman–Crippen MR) is 119 cm³/mol. The van der Waals surface area contributed by atoms with Crippen LogP contribution in [0.25, 0.3) is 11.3 Å². The predicted octanol–water partition coefficient (Wildman–Crippen LogP) is 4.40. The van der Waals surface area contributed by atoms with Crippen molar-refractivity contribution in [3.8, 4) is 11.3 Å². The Kier molecular flexibility index (Phi) is 5.29. The monoisotopic (exact) mass is 440 g/mol. The molecule has 2 aliphatic carbocycles. The standard InChI is InChI=1S/C24H29ClN4O2/c25-18-7-1-6-17(12-18)22-21(23(26)31)19-15-28(10-11-29(19)27-22)20(30)14-24-8-2-4-16(13-24)5-3-9-24/h1,6-7,12,16H,2-5,8-11,13-15H2,(H2,26,31). The molecule has 7 heteroatoms. The molecule has 1 aromatic carbocycles. The summed E-state index contributed by atoms with van der Waals surface area (Å²) in [6, 6.07) is 7.27. The molecule has 0 radical (unpaired) electrons. The highest BCUT2D eigenvalue weighted by Crippen LogP contribution is 2.51. The van der Waals surface area contributed by atoms with Crippen molar-refractivity contribution in [3.63, 3.8) is 0 Å². The van der Waals surface area contributed by atoms with Gasteiger partial charge in [-0.15, -0.1) is 0 Å². The summed E-state index contributed by atoms with van der Waals surface area (Å²) in [6.07, 6.45) is 9.33. The number of amides is 2. The number of rotatable bonds is 4. The van der Waals surface area contributed by atoms with E-state index in [0.717, 1.165) is 17.2 Å². The van der Waals surface area contributed by atoms with Crippen LogP contribution in [0.5, 0.6) is 0 Å². The van der Waals surface area contributed by atoms with Crippen LogP contribution in [-0.2, 0) is 17.9 Å². The van der Waals surface area contributed by atoms with Gasteiger partial charge in [0.25, 0.3) is 5.91 Å². The fourth-order valence-corrected chi connectivity index (χ4v) is 6.32. The third-order valence-electron chi connectivity index (χ3n) is 7.56. The maximum atomic E-state index is 13.3. The molecule has 0 saturated heterocycles. The van der Waals surface area contributed by atoms with Gasteiger partial charge < -0.3 is 10.6 Å². The lowest BCUT2D eigenvalue weighted by Gasteiger charge is -2.46. The Balaban J connectivity index is 1.40. The molecular weight excluding hydrogens is 412 g/mol. The molecule has 164 valence electrons. The summed E-state index contributed by atoms with van der Waals surface area (Å²) in [5.74, 6) is 0.487. The van der Waals surface area contributed by atoms with Crippen LogP contribution >= 0.6 is 11.6 Å². The number of nitrogens with zero attached hydrogens (tertiary/aromatic N) is 3. The molecule has 2 bridgehead atoms. The van der Waals surface area contributed by atoms with E-state index in [4.69, 9.17) is 17.3 Å². The Morgan fingerprint density at radius 2 is 1.97 bits per heavy atom. The second kappa shape index (κ2) is 7.97. The van der Waals surface area contributed by atoms with Crippen LogP contribution in [0.3, 0.4) is 0 Å². The van der Waals surface area contributed by atoms with Crippen molar-refractivity contribution in [2.45, 2.75) is 64.5 Å². The molecule has 0 atom stereocenters. The molecule has 0 spiro atoms. The number of aromatic nitrogens is 2. The van der Waals surface area contributed by atoms with Gasteiger partial charge in [-0.1, -0.05) is 49.4 Å². The minimum absolute atomic E-state index is 0.189. The summed E-state index contributed by atoms with van der Waals surface area (Å²) >= 11 is 6.15. The lowest BCUT2D eigenvalue weighted by Crippen LogP contribution is -2.43. The van der Waals surface area contributed by atoms with Crippen molar-refractivity contribution in [1.82, 2.24) is 14.7 Å². The molecule has 1 aromatic heterocycles. The largest absolute Gasteiger partial charge is 0.365 e. The number of halogens is 1. The normalized spacial score (nSPS) is 25.2. The Morgan fingerprint density at radius 1 is 1.19 bits per heavy atom. The smallest absolute Gasteiger partial charge is 0.252 e. The van der Waals surface area contributed by atoms with Crippen LogP contribution in [-0.4, -0.2) is 33.0 Å². The van der Waals surface area contributed by atoms with E-state index in [1.807, 2.05) is 21.7 Å². The van der Waals surface area contributed by atoms with E-state index in [1.54, 1.807) is 12.1 Å². The molecule has 1 aliphatic heterocycles. The second-order valence-electron chi connectivity index (χ2n) is 9.61. The molecule has 2 heterocycles. The molecule has 2 saturated carbocycles. The number of nitrogens with two attached hydrogens (primary N) is 1. The average Bonchev–Trinajstić information content (AvgIpc) is 3.12. The minimum Gasteiger partial charge on any atom is -0.365 e. The molecule has 2 aromatic rings. The first kappa shape index (κ1) is 20.6. The number of hydrogen-bond acceptors (Lipinski definition) is 3. The number of primary amides is 1. The zero-order valence-corrected chi connectivity index (χ0v) is 18.5. The van der Waals surface area contributed by atoms with Crippen molar-refractivity contribution in [3.05, 3.63) is 40.5 Å². The molecule has 5 rings (SSSR count). The first-order valence-electron chi connectivity index (χ1n) is 11.4. The fourth-order valence-electron chi connectivity index (χ4n) is 6.13. The second-order valence-corrected chi connectivity index (χ2v) is 10.1. The summed E-state index contributed by atoms with van der Waals surface area (Å²) in [4.78, 5) is 27.6. The minimum atomic E-state index is -0.522. The van der Waals surface area contributed by atoms with E-state index in [0.29, 0.717) is 42.3 Å². The van der Waals surface area contributed by atoms with Crippen LogP contribution in [0.1, 0.15) is 67.4 Å². The van der Waals surface area contributed by atoms with Crippen LogP contribution in [0.2, 0.25) is 5.02 Å². The fraction of sp³-hybridized carbons (Fsp3) is 0.542. The lowest BCUT2D eigenvalue weighted by molar-refractivity contribution is -0.137. The van der Waals surface area contributed by atoms with E-state index < -0.39 is 5.91 Å². The van der Waals surface area contributed by atoms with Crippen LogP contribution in [0.15, 0.2) is 24.3 Å². The average molecular weight is 441 g/mol. The van der Waals surface area contributed by atoms with Gasteiger partial charge in [-0.3, -0.25) is 14.3 Å². The van der Waals surface area contributed by atoms with Gasteiger partial charge in [-0.25, -0.2) is 0 Å². The van der Waals surface area contributed by atoms with Gasteiger partial charge in [0.2, 0.25) is 5.91 Å². The van der Waals surface area contributed by atoms with Crippen LogP contribution in [0, 0.1) is 11.3 Å². The van der Waals surface area contributed by atoms with Gasteiger partial charge >= 0.3 is 0 Å². The van der Waals surface area contributed by atoms with Crippen LogP contribution < -0.4 is 5.73 Å². The van der Waals surface area contributed by atoms with Gasteiger partial charge in [0.1, 0.15) is 5.69 Å². The highest BCUT2D eigenvalue weighted by atomic mass is 35.5. The third-order valence-corrected chi connectivity index (χ3v) is 7.80. The van der Waals surface area contributed by atoms with E-state index in [-0.39, 0.29) is 11.3 Å². The first-order chi connectivity index (χ1) is 14.9. The molecule has 6 nitrogen and oxygen atoms in total. The quantitative estimate of drug-likeness (QED) is 0.765. The molecule has 2 amide bonds. The third kappa shape index (κ3) is 3.86. The Bertz CT molecular complexity index is 1020. The lowest BCUT2D eigenvalue weighted by atomic mass is 9.60. The Labute approximate surface area is 187 Å². The molecule has 2 N–H and O–H groups in total. The van der Waals surface area contributed by atoms with Crippen molar-refractivity contribution < 1.29 is 9.59 Å². The van der Waals surface area contributed by atoms with Gasteiger partial charge in [0, 0.05) is 23.6 Å². The van der Waals surface area contributed by atoms with Crippen molar-refractivity contribution in [1.29, 1.82) is 0 Å². The molecule has 3 aliphatic rings. The maximum Gasteiger partial charge on any atom is 0.252 e. The highest BCUT2D eigenvalue weighted by molar-refractivity contribution is 6.30. The SMILES string of the molecule is NC(=O)c1c(-c2cccc(Cl)c2)nn2c1CN(C(=O)CC13CCCC(CCC1)C3)CC2. The number of fused-ring (bicyclic) bond motifs is 3. The summed E-state index contributed by atoms with van der Waals surface area (Å²) in [5, 5.41) is 5.24. The molecular formula is C24H29ClN4O2. The number of carbonyl (C=O) groups is 2. The van der Waals surface area contributed by atoms with E-state index >= 15 is 0 Å². The van der Waals surface area contributed by atoms with Crippen molar-refractivity contribution in [2.75, 3.05) is 6.54 Å².